The van der Waals surface area contributed by atoms with Crippen molar-refractivity contribution in [2.45, 2.75) is 58.5 Å². The molecule has 3 aromatic rings. The van der Waals surface area contributed by atoms with E-state index in [9.17, 15) is 5.11 Å². The second kappa shape index (κ2) is 10.6. The molecule has 0 bridgehead atoms. The van der Waals surface area contributed by atoms with Crippen LogP contribution < -0.4 is 0 Å². The molecule has 2 heteroatoms. The molecule has 3 aromatic carbocycles. The smallest absolute Gasteiger partial charge is 0.0923 e. The fourth-order valence-electron chi connectivity index (χ4n) is 4.17. The van der Waals surface area contributed by atoms with Crippen LogP contribution in [0.15, 0.2) is 54.6 Å². The molecular weight excluding hydrogens is 342 g/mol. The number of hydrogen-bond acceptors (Lipinski definition) is 2. The molecule has 0 saturated heterocycles. The van der Waals surface area contributed by atoms with Crippen molar-refractivity contribution in [2.24, 2.45) is 0 Å². The average molecular weight is 378 g/mol. The van der Waals surface area contributed by atoms with E-state index < -0.39 is 6.10 Å². The Balaban J connectivity index is 1.86. The van der Waals surface area contributed by atoms with Gasteiger partial charge in [0.2, 0.25) is 0 Å². The first-order valence-corrected chi connectivity index (χ1v) is 11.1. The van der Waals surface area contributed by atoms with Crippen LogP contribution in [0.5, 0.6) is 0 Å². The summed E-state index contributed by atoms with van der Waals surface area (Å²) in [6.45, 7) is 7.38. The van der Waals surface area contributed by atoms with Gasteiger partial charge in [0.25, 0.3) is 0 Å². The van der Waals surface area contributed by atoms with Gasteiger partial charge in [-0.15, -0.1) is 0 Å². The first-order chi connectivity index (χ1) is 13.7. The van der Waals surface area contributed by atoms with Gasteiger partial charge in [-0.2, -0.15) is 0 Å². The highest BCUT2D eigenvalue weighted by atomic mass is 16.3. The second-order valence-corrected chi connectivity index (χ2v) is 7.96. The molecule has 150 valence electrons. The summed E-state index contributed by atoms with van der Waals surface area (Å²) in [5.41, 5.74) is 1.06. The lowest BCUT2D eigenvalue weighted by molar-refractivity contribution is 0.112. The molecule has 0 saturated carbocycles. The van der Waals surface area contributed by atoms with Gasteiger partial charge in [-0.05, 0) is 59.1 Å². The predicted molar refractivity (Wildman–Crippen MR) is 122 cm³/mol. The van der Waals surface area contributed by atoms with Gasteiger partial charge in [0, 0.05) is 6.54 Å². The number of fused-ring (bicyclic) bond motifs is 3. The van der Waals surface area contributed by atoms with E-state index in [0.29, 0.717) is 0 Å². The van der Waals surface area contributed by atoms with Crippen molar-refractivity contribution in [3.63, 3.8) is 0 Å². The largest absolute Gasteiger partial charge is 0.387 e. The van der Waals surface area contributed by atoms with Gasteiger partial charge in [-0.1, -0.05) is 88.1 Å². The number of aliphatic hydroxyl groups is 1. The molecule has 0 heterocycles. The maximum absolute atomic E-state index is 11.2. The van der Waals surface area contributed by atoms with E-state index in [0.717, 1.165) is 25.2 Å². The summed E-state index contributed by atoms with van der Waals surface area (Å²) in [7, 11) is 0. The minimum Gasteiger partial charge on any atom is -0.387 e. The van der Waals surface area contributed by atoms with E-state index in [4.69, 9.17) is 0 Å². The first-order valence-electron chi connectivity index (χ1n) is 11.1. The summed E-state index contributed by atoms with van der Waals surface area (Å²) in [6, 6.07) is 19.2. The summed E-state index contributed by atoms with van der Waals surface area (Å²) < 4.78 is 0. The minimum atomic E-state index is -0.460. The lowest BCUT2D eigenvalue weighted by Gasteiger charge is -2.26. The third kappa shape index (κ3) is 5.12. The van der Waals surface area contributed by atoms with Crippen molar-refractivity contribution >= 4 is 21.5 Å². The van der Waals surface area contributed by atoms with Crippen LogP contribution in [0.1, 0.15) is 64.0 Å². The quantitative estimate of drug-likeness (QED) is 0.296. The summed E-state index contributed by atoms with van der Waals surface area (Å²) >= 11 is 0. The van der Waals surface area contributed by atoms with E-state index in [2.05, 4.69) is 73.3 Å². The standard InChI is InChI=1S/C26H35NO/c1-3-5-11-17-27(18-12-6-4-2)20-26(28)25-19-21-13-7-8-14-22(21)23-15-9-10-16-24(23)25/h7-10,13-16,19,26,28H,3-6,11-12,17-18,20H2,1-2H3/t26-/m1/s1. The van der Waals surface area contributed by atoms with Gasteiger partial charge < -0.3 is 10.0 Å². The van der Waals surface area contributed by atoms with Gasteiger partial charge in [0.15, 0.2) is 0 Å². The molecule has 2 nitrogen and oxygen atoms in total. The van der Waals surface area contributed by atoms with E-state index in [1.165, 1.54) is 60.1 Å². The molecule has 0 aromatic heterocycles. The van der Waals surface area contributed by atoms with Gasteiger partial charge in [0.1, 0.15) is 0 Å². The van der Waals surface area contributed by atoms with Gasteiger partial charge >= 0.3 is 0 Å². The molecule has 28 heavy (non-hydrogen) atoms. The lowest BCUT2D eigenvalue weighted by Crippen LogP contribution is -2.31. The second-order valence-electron chi connectivity index (χ2n) is 7.96. The zero-order valence-electron chi connectivity index (χ0n) is 17.5. The molecule has 0 fully saturated rings. The van der Waals surface area contributed by atoms with E-state index in [1.807, 2.05) is 0 Å². The molecular formula is C26H35NO. The van der Waals surface area contributed by atoms with Crippen LogP contribution in [-0.2, 0) is 0 Å². The van der Waals surface area contributed by atoms with Crippen molar-refractivity contribution in [3.8, 4) is 0 Å². The third-order valence-corrected chi connectivity index (χ3v) is 5.75. The predicted octanol–water partition coefficient (Wildman–Crippen LogP) is 6.71. The Morgan fingerprint density at radius 3 is 1.96 bits per heavy atom. The first kappa shape index (κ1) is 20.8. The highest BCUT2D eigenvalue weighted by Gasteiger charge is 2.17. The molecule has 0 unspecified atom stereocenters. The maximum Gasteiger partial charge on any atom is 0.0923 e. The Morgan fingerprint density at radius 1 is 0.750 bits per heavy atom. The number of nitrogens with zero attached hydrogens (tertiary/aromatic N) is 1. The topological polar surface area (TPSA) is 23.5 Å². The maximum atomic E-state index is 11.2. The third-order valence-electron chi connectivity index (χ3n) is 5.75. The Morgan fingerprint density at radius 2 is 1.32 bits per heavy atom. The Labute approximate surface area is 170 Å². The van der Waals surface area contributed by atoms with Crippen molar-refractivity contribution in [3.05, 3.63) is 60.2 Å². The lowest BCUT2D eigenvalue weighted by atomic mass is 9.94. The SMILES string of the molecule is CCCCCN(CCCCC)C[C@@H](O)c1cc2ccccc2c2ccccc12. The molecule has 0 aliphatic rings. The van der Waals surface area contributed by atoms with Crippen molar-refractivity contribution in [1.29, 1.82) is 0 Å². The monoisotopic (exact) mass is 377 g/mol. The normalized spacial score (nSPS) is 12.9. The van der Waals surface area contributed by atoms with Crippen molar-refractivity contribution in [2.75, 3.05) is 19.6 Å². The van der Waals surface area contributed by atoms with Gasteiger partial charge in [-0.25, -0.2) is 0 Å². The summed E-state index contributed by atoms with van der Waals surface area (Å²) in [5, 5.41) is 16.1. The van der Waals surface area contributed by atoms with Gasteiger partial charge in [-0.3, -0.25) is 0 Å². The molecule has 0 amide bonds. The summed E-state index contributed by atoms with van der Waals surface area (Å²) in [5.74, 6) is 0. The van der Waals surface area contributed by atoms with E-state index >= 15 is 0 Å². The summed E-state index contributed by atoms with van der Waals surface area (Å²) in [4.78, 5) is 2.47. The summed E-state index contributed by atoms with van der Waals surface area (Å²) in [6.07, 6.45) is 6.97. The highest BCUT2D eigenvalue weighted by molar-refractivity contribution is 6.09. The minimum absolute atomic E-state index is 0.460. The molecule has 0 radical (unpaired) electrons. The van der Waals surface area contributed by atoms with E-state index in [-0.39, 0.29) is 0 Å². The van der Waals surface area contributed by atoms with Crippen LogP contribution in [0.3, 0.4) is 0 Å². The Hall–Kier alpha value is -1.90. The number of unbranched alkanes of at least 4 members (excludes halogenated alkanes) is 4. The Bertz CT molecular complexity index is 863. The van der Waals surface area contributed by atoms with E-state index in [1.54, 1.807) is 0 Å². The van der Waals surface area contributed by atoms with Crippen LogP contribution in [0.25, 0.3) is 21.5 Å². The van der Waals surface area contributed by atoms with Crippen LogP contribution in [0.4, 0.5) is 0 Å². The molecule has 0 aliphatic carbocycles. The fourth-order valence-corrected chi connectivity index (χ4v) is 4.17. The number of benzene rings is 3. The van der Waals surface area contributed by atoms with Crippen LogP contribution >= 0.6 is 0 Å². The van der Waals surface area contributed by atoms with Crippen molar-refractivity contribution < 1.29 is 5.11 Å². The highest BCUT2D eigenvalue weighted by Crippen LogP contribution is 2.32. The molecule has 1 N–H and O–H groups in total. The molecule has 3 rings (SSSR count). The number of aliphatic hydroxyl groups excluding tert-OH is 1. The van der Waals surface area contributed by atoms with Crippen LogP contribution in [0, 0.1) is 0 Å². The Kier molecular flexibility index (Phi) is 7.88. The number of hydrogen-bond donors (Lipinski definition) is 1. The van der Waals surface area contributed by atoms with Crippen molar-refractivity contribution in [1.82, 2.24) is 4.90 Å². The number of rotatable bonds is 11. The zero-order valence-corrected chi connectivity index (χ0v) is 17.5. The molecule has 1 atom stereocenters. The fraction of sp³-hybridized carbons (Fsp3) is 0.462. The van der Waals surface area contributed by atoms with Gasteiger partial charge in [0.05, 0.1) is 6.10 Å². The van der Waals surface area contributed by atoms with Crippen LogP contribution in [-0.4, -0.2) is 29.6 Å². The molecule has 0 spiro atoms. The van der Waals surface area contributed by atoms with Crippen LogP contribution in [0.2, 0.25) is 0 Å². The molecule has 0 aliphatic heterocycles. The zero-order chi connectivity index (χ0) is 19.8. The average Bonchev–Trinajstić information content (AvgIpc) is 2.73.